The molecule has 1 aromatic carbocycles. The Bertz CT molecular complexity index is 585. The van der Waals surface area contributed by atoms with Gasteiger partial charge >= 0.3 is 6.61 Å². The van der Waals surface area contributed by atoms with Gasteiger partial charge in [0.2, 0.25) is 5.91 Å². The van der Waals surface area contributed by atoms with Gasteiger partial charge in [0, 0.05) is 32.3 Å². The highest BCUT2D eigenvalue weighted by atomic mass is 19.3. The molecule has 1 amide bonds. The number of likely N-dealkylation sites (N-methyl/N-ethyl adjacent to an activating group) is 1. The lowest BCUT2D eigenvalue weighted by Crippen LogP contribution is -2.46. The first-order valence-corrected chi connectivity index (χ1v) is 7.86. The topological polar surface area (TPSA) is 42.0 Å². The van der Waals surface area contributed by atoms with Crippen LogP contribution in [-0.4, -0.2) is 62.2 Å². The van der Waals surface area contributed by atoms with Gasteiger partial charge in [0.1, 0.15) is 0 Å². The first-order chi connectivity index (χ1) is 11.5. The summed E-state index contributed by atoms with van der Waals surface area (Å²) in [5.74, 6) is 0.148. The fourth-order valence-electron chi connectivity index (χ4n) is 2.39. The fourth-order valence-corrected chi connectivity index (χ4v) is 2.39. The fraction of sp³-hybridized carbons (Fsp3) is 0.471. The van der Waals surface area contributed by atoms with Crippen molar-refractivity contribution in [3.05, 3.63) is 29.8 Å². The Morgan fingerprint density at radius 3 is 2.58 bits per heavy atom. The summed E-state index contributed by atoms with van der Waals surface area (Å²) in [4.78, 5) is 16.1. The normalized spacial score (nSPS) is 16.0. The van der Waals surface area contributed by atoms with E-state index >= 15 is 0 Å². The molecule has 0 bridgehead atoms. The Morgan fingerprint density at radius 2 is 1.96 bits per heavy atom. The molecule has 0 spiro atoms. The van der Waals surface area contributed by atoms with Gasteiger partial charge in [-0.25, -0.2) is 0 Å². The minimum atomic E-state index is -2.91. The van der Waals surface area contributed by atoms with Gasteiger partial charge in [0.25, 0.3) is 0 Å². The van der Waals surface area contributed by atoms with Crippen LogP contribution in [0.3, 0.4) is 0 Å². The number of hydrogen-bond acceptors (Lipinski definition) is 4. The number of alkyl halides is 2. The lowest BCUT2D eigenvalue weighted by Gasteiger charge is -2.31. The highest BCUT2D eigenvalue weighted by molar-refractivity contribution is 5.92. The van der Waals surface area contributed by atoms with E-state index in [4.69, 9.17) is 4.74 Å². The van der Waals surface area contributed by atoms with E-state index in [9.17, 15) is 13.6 Å². The molecule has 5 nitrogen and oxygen atoms in total. The molecule has 0 saturated carbocycles. The number of piperazine rings is 1. The molecule has 0 radical (unpaired) electrons. The maximum atomic E-state index is 12.4. The minimum Gasteiger partial charge on any atom is -0.490 e. The van der Waals surface area contributed by atoms with Crippen molar-refractivity contribution in [3.8, 4) is 11.5 Å². The molecule has 0 N–H and O–H groups in total. The summed E-state index contributed by atoms with van der Waals surface area (Å²) in [5.41, 5.74) is 0.683. The first kappa shape index (κ1) is 18.2. The van der Waals surface area contributed by atoms with E-state index in [0.29, 0.717) is 25.3 Å². The van der Waals surface area contributed by atoms with Crippen LogP contribution in [0.15, 0.2) is 24.3 Å². The van der Waals surface area contributed by atoms with Gasteiger partial charge < -0.3 is 19.3 Å². The Balaban J connectivity index is 2.05. The zero-order valence-corrected chi connectivity index (χ0v) is 13.9. The van der Waals surface area contributed by atoms with Gasteiger partial charge in [-0.1, -0.05) is 6.07 Å². The molecule has 1 aromatic rings. The van der Waals surface area contributed by atoms with Gasteiger partial charge in [-0.05, 0) is 37.7 Å². The molecule has 0 aromatic heterocycles. The van der Waals surface area contributed by atoms with Crippen LogP contribution in [0.25, 0.3) is 6.08 Å². The number of carbonyl (C=O) groups excluding carboxylic acids is 1. The predicted octanol–water partition coefficient (Wildman–Crippen LogP) is 2.47. The van der Waals surface area contributed by atoms with E-state index in [-0.39, 0.29) is 17.4 Å². The number of carbonyl (C=O) groups is 1. The van der Waals surface area contributed by atoms with Crippen LogP contribution in [0.1, 0.15) is 12.5 Å². The van der Waals surface area contributed by atoms with Crippen molar-refractivity contribution < 1.29 is 23.0 Å². The van der Waals surface area contributed by atoms with Crippen LogP contribution in [0.4, 0.5) is 8.78 Å². The lowest BCUT2D eigenvalue weighted by atomic mass is 10.2. The molecule has 2 rings (SSSR count). The van der Waals surface area contributed by atoms with E-state index in [1.54, 1.807) is 30.0 Å². The number of amides is 1. The molecule has 1 aliphatic heterocycles. The monoisotopic (exact) mass is 340 g/mol. The Kier molecular flexibility index (Phi) is 6.54. The van der Waals surface area contributed by atoms with Gasteiger partial charge in [0.15, 0.2) is 11.5 Å². The Hall–Kier alpha value is -2.15. The number of nitrogens with zero attached hydrogens (tertiary/aromatic N) is 2. The maximum absolute atomic E-state index is 12.4. The van der Waals surface area contributed by atoms with Crippen LogP contribution < -0.4 is 9.47 Å². The summed E-state index contributed by atoms with van der Waals surface area (Å²) in [7, 11) is 2.02. The SMILES string of the molecule is CCOc1cc(/C=C/C(=O)N2CCN(C)CC2)ccc1OC(F)F. The molecular weight excluding hydrogens is 318 g/mol. The van der Waals surface area contributed by atoms with Crippen LogP contribution in [0.2, 0.25) is 0 Å². The van der Waals surface area contributed by atoms with E-state index < -0.39 is 6.61 Å². The largest absolute Gasteiger partial charge is 0.490 e. The Labute approximate surface area is 140 Å². The second-order valence-corrected chi connectivity index (χ2v) is 5.48. The van der Waals surface area contributed by atoms with Crippen molar-refractivity contribution in [2.75, 3.05) is 39.8 Å². The van der Waals surface area contributed by atoms with Gasteiger partial charge in [-0.2, -0.15) is 8.78 Å². The number of hydrogen-bond donors (Lipinski definition) is 0. The van der Waals surface area contributed by atoms with Crippen LogP contribution in [0, 0.1) is 0 Å². The summed E-state index contributed by atoms with van der Waals surface area (Å²) >= 11 is 0. The van der Waals surface area contributed by atoms with Crippen LogP contribution >= 0.6 is 0 Å². The molecule has 24 heavy (non-hydrogen) atoms. The van der Waals surface area contributed by atoms with Crippen molar-refractivity contribution in [2.45, 2.75) is 13.5 Å². The zero-order valence-electron chi connectivity index (χ0n) is 13.9. The van der Waals surface area contributed by atoms with Gasteiger partial charge in [-0.3, -0.25) is 4.79 Å². The summed E-state index contributed by atoms with van der Waals surface area (Å²) in [5, 5.41) is 0. The molecule has 1 aliphatic rings. The summed E-state index contributed by atoms with van der Waals surface area (Å²) in [6.07, 6.45) is 3.14. The third kappa shape index (κ3) is 5.19. The molecule has 7 heteroatoms. The zero-order chi connectivity index (χ0) is 17.5. The summed E-state index contributed by atoms with van der Waals surface area (Å²) in [6, 6.07) is 4.60. The standard InChI is InChI=1S/C17H22F2N2O3/c1-3-23-15-12-13(4-6-14(15)24-17(18)19)5-7-16(22)21-10-8-20(2)9-11-21/h4-7,12,17H,3,8-11H2,1-2H3/b7-5+. The molecular formula is C17H22F2N2O3. The molecule has 1 fully saturated rings. The predicted molar refractivity (Wildman–Crippen MR) is 87.4 cm³/mol. The lowest BCUT2D eigenvalue weighted by molar-refractivity contribution is -0.127. The second kappa shape index (κ2) is 8.63. The summed E-state index contributed by atoms with van der Waals surface area (Å²) < 4.78 is 34.5. The smallest absolute Gasteiger partial charge is 0.387 e. The molecule has 0 aliphatic carbocycles. The minimum absolute atomic E-state index is 0.0191. The first-order valence-electron chi connectivity index (χ1n) is 7.86. The molecule has 0 unspecified atom stereocenters. The number of ether oxygens (including phenoxy) is 2. The van der Waals surface area contributed by atoms with Gasteiger partial charge in [0.05, 0.1) is 6.61 Å². The molecule has 132 valence electrons. The number of benzene rings is 1. The van der Waals surface area contributed by atoms with Crippen molar-refractivity contribution in [2.24, 2.45) is 0 Å². The van der Waals surface area contributed by atoms with Crippen molar-refractivity contribution in [1.29, 1.82) is 0 Å². The quantitative estimate of drug-likeness (QED) is 0.746. The maximum Gasteiger partial charge on any atom is 0.387 e. The van der Waals surface area contributed by atoms with Crippen molar-refractivity contribution in [3.63, 3.8) is 0 Å². The number of rotatable bonds is 6. The molecule has 1 heterocycles. The van der Waals surface area contributed by atoms with Crippen molar-refractivity contribution >= 4 is 12.0 Å². The van der Waals surface area contributed by atoms with E-state index in [2.05, 4.69) is 9.64 Å². The highest BCUT2D eigenvalue weighted by Crippen LogP contribution is 2.30. The summed E-state index contributed by atoms with van der Waals surface area (Å²) in [6.45, 7) is 2.28. The van der Waals surface area contributed by atoms with Gasteiger partial charge in [-0.15, -0.1) is 0 Å². The molecule has 1 saturated heterocycles. The third-order valence-electron chi connectivity index (χ3n) is 3.72. The second-order valence-electron chi connectivity index (χ2n) is 5.48. The van der Waals surface area contributed by atoms with Crippen LogP contribution in [-0.2, 0) is 4.79 Å². The van der Waals surface area contributed by atoms with Crippen molar-refractivity contribution in [1.82, 2.24) is 9.80 Å². The van der Waals surface area contributed by atoms with E-state index in [1.165, 1.54) is 12.1 Å². The average Bonchev–Trinajstić information content (AvgIpc) is 2.55. The third-order valence-corrected chi connectivity index (χ3v) is 3.72. The van der Waals surface area contributed by atoms with Crippen LogP contribution in [0.5, 0.6) is 11.5 Å². The number of halogens is 2. The van der Waals surface area contributed by atoms with E-state index in [0.717, 1.165) is 13.1 Å². The molecule has 0 atom stereocenters. The Morgan fingerprint density at radius 1 is 1.25 bits per heavy atom. The average molecular weight is 340 g/mol. The van der Waals surface area contributed by atoms with E-state index in [1.807, 2.05) is 7.05 Å². The highest BCUT2D eigenvalue weighted by Gasteiger charge is 2.17.